The maximum absolute atomic E-state index is 5.94. The van der Waals surface area contributed by atoms with Gasteiger partial charge in [0.05, 0.1) is 0 Å². The van der Waals surface area contributed by atoms with E-state index in [1.807, 2.05) is 19.6 Å². The molecule has 2 bridgehead atoms. The van der Waals surface area contributed by atoms with Crippen LogP contribution in [0.3, 0.4) is 0 Å². The summed E-state index contributed by atoms with van der Waals surface area (Å²) >= 11 is 0. The third-order valence-corrected chi connectivity index (χ3v) is 17.8. The lowest BCUT2D eigenvalue weighted by atomic mass is 10.5. The van der Waals surface area contributed by atoms with Gasteiger partial charge in [0.1, 0.15) is 0 Å². The molecule has 2 heterocycles. The van der Waals surface area contributed by atoms with E-state index in [4.69, 9.17) is 26.3 Å². The van der Waals surface area contributed by atoms with Crippen molar-refractivity contribution in [3.63, 3.8) is 0 Å². The second-order valence-corrected chi connectivity index (χ2v) is 14.6. The van der Waals surface area contributed by atoms with E-state index >= 15 is 0 Å². The van der Waals surface area contributed by atoms with E-state index < -0.39 is 36.2 Å². The molecule has 94 valence electrons. The summed E-state index contributed by atoms with van der Waals surface area (Å²) in [4.78, 5) is 0. The molecule has 0 aromatic heterocycles. The largest absolute Gasteiger partial charge is 0.475 e. The topological polar surface area (TPSA) is 72.2 Å². The van der Waals surface area contributed by atoms with Gasteiger partial charge < -0.3 is 26.3 Å². The number of hydrogen-bond acceptors (Lipinski definition) is 6. The molecular formula is C6H19NO5Si4. The van der Waals surface area contributed by atoms with Crippen molar-refractivity contribution in [3.05, 3.63) is 0 Å². The highest BCUT2D eigenvalue weighted by Gasteiger charge is 2.61. The minimum Gasteiger partial charge on any atom is -0.397 e. The zero-order chi connectivity index (χ0) is 11.8. The molecule has 0 aliphatic carbocycles. The Hall–Kier alpha value is 0.628. The highest BCUT2D eigenvalue weighted by atomic mass is 28.6. The molecule has 2 N–H and O–H groups in total. The lowest BCUT2D eigenvalue weighted by Crippen LogP contribution is -2.72. The summed E-state index contributed by atoms with van der Waals surface area (Å²) < 4.78 is 29.4. The molecule has 10 heteroatoms. The Labute approximate surface area is 101 Å². The van der Waals surface area contributed by atoms with Gasteiger partial charge in [-0.25, -0.2) is 0 Å². The molecular weight excluding hydrogens is 278 g/mol. The lowest BCUT2D eigenvalue weighted by molar-refractivity contribution is 0.0904. The number of rotatable bonds is 3. The van der Waals surface area contributed by atoms with E-state index in [0.29, 0.717) is 6.54 Å². The van der Waals surface area contributed by atoms with Crippen LogP contribution in [0.15, 0.2) is 0 Å². The summed E-state index contributed by atoms with van der Waals surface area (Å²) in [6, 6.07) is 0.799. The van der Waals surface area contributed by atoms with Gasteiger partial charge in [0.25, 0.3) is 0 Å². The van der Waals surface area contributed by atoms with Crippen LogP contribution in [-0.4, -0.2) is 42.7 Å². The predicted octanol–water partition coefficient (Wildman–Crippen LogP) is -0.346. The van der Waals surface area contributed by atoms with E-state index in [9.17, 15) is 0 Å². The summed E-state index contributed by atoms with van der Waals surface area (Å²) in [5.41, 5.74) is 5.54. The van der Waals surface area contributed by atoms with Crippen LogP contribution in [0, 0.1) is 0 Å². The van der Waals surface area contributed by atoms with Gasteiger partial charge in [0.15, 0.2) is 0 Å². The van der Waals surface area contributed by atoms with Gasteiger partial charge in [-0.15, -0.1) is 0 Å². The molecule has 2 fully saturated rings. The normalized spacial score (nSPS) is 48.0. The van der Waals surface area contributed by atoms with Gasteiger partial charge in [-0.1, -0.05) is 0 Å². The first-order valence-corrected chi connectivity index (χ1v) is 13.9. The van der Waals surface area contributed by atoms with Crippen molar-refractivity contribution < 1.29 is 20.6 Å². The van der Waals surface area contributed by atoms with Crippen LogP contribution < -0.4 is 5.73 Å². The smallest absolute Gasteiger partial charge is 0.397 e. The van der Waals surface area contributed by atoms with Gasteiger partial charge in [0.2, 0.25) is 0 Å². The quantitative estimate of drug-likeness (QED) is 0.718. The van der Waals surface area contributed by atoms with Gasteiger partial charge >= 0.3 is 36.2 Å². The fourth-order valence-corrected chi connectivity index (χ4v) is 20.4. The Morgan fingerprint density at radius 3 is 2.12 bits per heavy atom. The summed E-state index contributed by atoms with van der Waals surface area (Å²) in [7, 11) is -8.24. The van der Waals surface area contributed by atoms with Gasteiger partial charge in [-0.3, -0.25) is 0 Å². The minimum absolute atomic E-state index is 0.636. The summed E-state index contributed by atoms with van der Waals surface area (Å²) in [5, 5.41) is 0. The van der Waals surface area contributed by atoms with Crippen molar-refractivity contribution in [2.75, 3.05) is 6.54 Å². The van der Waals surface area contributed by atoms with Gasteiger partial charge in [-0.05, 0) is 26.1 Å². The molecule has 2 saturated heterocycles. The molecule has 2 rings (SSSR count). The highest BCUT2D eigenvalue weighted by molar-refractivity contribution is 6.90. The molecule has 0 spiro atoms. The fourth-order valence-electron chi connectivity index (χ4n) is 2.08. The van der Waals surface area contributed by atoms with Crippen molar-refractivity contribution in [2.45, 2.75) is 32.1 Å². The van der Waals surface area contributed by atoms with Crippen molar-refractivity contribution in [1.29, 1.82) is 0 Å². The van der Waals surface area contributed by atoms with Gasteiger partial charge in [0, 0.05) is 12.6 Å². The molecule has 2 unspecified atom stereocenters. The van der Waals surface area contributed by atoms with E-state index in [2.05, 4.69) is 0 Å². The van der Waals surface area contributed by atoms with Crippen LogP contribution in [0.4, 0.5) is 0 Å². The van der Waals surface area contributed by atoms with Crippen molar-refractivity contribution in [2.24, 2.45) is 5.73 Å². The summed E-state index contributed by atoms with van der Waals surface area (Å²) in [6.45, 7) is 6.59. The SMILES string of the molecule is C[SiH]1O[Si]2(C)O[SiH](C)O[Si](CCCN)(O1)O2. The Morgan fingerprint density at radius 1 is 1.06 bits per heavy atom. The van der Waals surface area contributed by atoms with Gasteiger partial charge in [-0.2, -0.15) is 0 Å². The average molecular weight is 298 g/mol. The monoisotopic (exact) mass is 297 g/mol. The Bertz CT molecular complexity index is 255. The molecule has 0 amide bonds. The Balaban J connectivity index is 2.14. The Morgan fingerprint density at radius 2 is 1.62 bits per heavy atom. The first kappa shape index (κ1) is 13.1. The van der Waals surface area contributed by atoms with Crippen LogP contribution in [0.2, 0.25) is 25.7 Å². The van der Waals surface area contributed by atoms with Crippen molar-refractivity contribution in [1.82, 2.24) is 0 Å². The fraction of sp³-hybridized carbons (Fsp3) is 1.00. The van der Waals surface area contributed by atoms with E-state index in [1.54, 1.807) is 0 Å². The van der Waals surface area contributed by atoms with Crippen LogP contribution in [0.1, 0.15) is 6.42 Å². The van der Waals surface area contributed by atoms with E-state index in [0.717, 1.165) is 12.5 Å². The van der Waals surface area contributed by atoms with Crippen LogP contribution in [0.25, 0.3) is 0 Å². The lowest BCUT2D eigenvalue weighted by Gasteiger charge is -2.50. The van der Waals surface area contributed by atoms with E-state index in [-0.39, 0.29) is 0 Å². The second kappa shape index (κ2) is 4.72. The third kappa shape index (κ3) is 2.72. The third-order valence-electron chi connectivity index (χ3n) is 2.48. The molecule has 6 nitrogen and oxygen atoms in total. The van der Waals surface area contributed by atoms with Crippen LogP contribution in [0.5, 0.6) is 0 Å². The summed E-state index contributed by atoms with van der Waals surface area (Å²) in [6.07, 6.45) is 0.874. The maximum atomic E-state index is 5.94. The first-order valence-electron chi connectivity index (χ1n) is 5.58. The van der Waals surface area contributed by atoms with Crippen molar-refractivity contribution >= 4 is 36.2 Å². The molecule has 2 atom stereocenters. The number of nitrogens with two attached hydrogens (primary N) is 1. The molecule has 0 saturated carbocycles. The molecule has 16 heavy (non-hydrogen) atoms. The zero-order valence-corrected chi connectivity index (χ0v) is 14.2. The van der Waals surface area contributed by atoms with E-state index in [1.165, 1.54) is 0 Å². The Kier molecular flexibility index (Phi) is 3.85. The van der Waals surface area contributed by atoms with Crippen LogP contribution >= 0.6 is 0 Å². The second-order valence-electron chi connectivity index (χ2n) is 4.15. The van der Waals surface area contributed by atoms with Crippen molar-refractivity contribution in [3.8, 4) is 0 Å². The highest BCUT2D eigenvalue weighted by Crippen LogP contribution is 2.35. The predicted molar refractivity (Wildman–Crippen MR) is 67.3 cm³/mol. The molecule has 2 aliphatic rings. The minimum atomic E-state index is -2.50. The van der Waals surface area contributed by atoms with Crippen LogP contribution in [-0.2, 0) is 20.6 Å². The number of hydrogen-bond donors (Lipinski definition) is 1. The molecule has 0 aromatic carbocycles. The molecule has 0 aromatic rings. The molecule has 0 radical (unpaired) electrons. The number of fused-ring (bicyclic) bond motifs is 2. The summed E-state index contributed by atoms with van der Waals surface area (Å²) in [5.74, 6) is 0. The average Bonchev–Trinajstić information content (AvgIpc) is 2.10. The molecule has 2 aliphatic heterocycles. The first-order chi connectivity index (χ1) is 7.47. The standard InChI is InChI=1S/C6H19NO5Si4/c1-13-8-15(3)9-14(2)11-16(10-13,12-15)6-4-5-7/h13-14H,4-7H2,1-3H3. The maximum Gasteiger partial charge on any atom is 0.475 e. The zero-order valence-electron chi connectivity index (χ0n) is 9.89.